The summed E-state index contributed by atoms with van der Waals surface area (Å²) in [5.74, 6) is 0.0603. The molecule has 0 unspecified atom stereocenters. The second-order valence-corrected chi connectivity index (χ2v) is 7.08. The smallest absolute Gasteiger partial charge is 0.291 e. The third kappa shape index (κ3) is 3.53. The van der Waals surface area contributed by atoms with Crippen LogP contribution in [0.3, 0.4) is 0 Å². The van der Waals surface area contributed by atoms with Crippen LogP contribution in [0.1, 0.15) is 34.5 Å². The number of nitrogens with zero attached hydrogens (tertiary/aromatic N) is 4. The molecule has 1 N–H and O–H groups in total. The normalized spacial score (nSPS) is 19.7. The molecule has 1 fully saturated rings. The molecule has 1 aromatic heterocycles. The number of hydrogen-bond acceptors (Lipinski definition) is 4. The molecule has 0 spiro atoms. The first-order valence-electron chi connectivity index (χ1n) is 9.28. The van der Waals surface area contributed by atoms with E-state index in [1.54, 1.807) is 23.7 Å². The second-order valence-electron chi connectivity index (χ2n) is 7.08. The molecule has 0 aliphatic carbocycles. The summed E-state index contributed by atoms with van der Waals surface area (Å²) in [6.45, 7) is 2.67. The van der Waals surface area contributed by atoms with Crippen LogP contribution in [-0.4, -0.2) is 45.2 Å². The number of halogens is 1. The average molecular weight is 379 g/mol. The number of likely N-dealkylation sites (N-methyl/N-ethyl adjacent to an activating group) is 1. The van der Waals surface area contributed by atoms with Crippen LogP contribution in [0.4, 0.5) is 4.39 Å². The summed E-state index contributed by atoms with van der Waals surface area (Å²) >= 11 is 0. The Kier molecular flexibility index (Phi) is 4.92. The van der Waals surface area contributed by atoms with Crippen LogP contribution in [0.15, 0.2) is 54.6 Å². The van der Waals surface area contributed by atoms with Crippen molar-refractivity contribution in [3.8, 4) is 5.69 Å². The van der Waals surface area contributed by atoms with Crippen molar-refractivity contribution in [2.75, 3.05) is 13.6 Å². The van der Waals surface area contributed by atoms with Crippen molar-refractivity contribution in [2.45, 2.75) is 25.4 Å². The molecular weight excluding hydrogens is 357 g/mol. The molecule has 3 aromatic rings. The molecule has 28 heavy (non-hydrogen) atoms. The van der Waals surface area contributed by atoms with Crippen LogP contribution < -0.4 is 5.32 Å². The van der Waals surface area contributed by atoms with E-state index in [2.05, 4.69) is 39.5 Å². The van der Waals surface area contributed by atoms with E-state index in [1.807, 2.05) is 18.2 Å². The lowest BCUT2D eigenvalue weighted by Gasteiger charge is -2.25. The second kappa shape index (κ2) is 7.52. The molecule has 1 aliphatic heterocycles. The van der Waals surface area contributed by atoms with Gasteiger partial charge in [-0.3, -0.25) is 9.69 Å². The van der Waals surface area contributed by atoms with E-state index in [9.17, 15) is 9.18 Å². The standard InChI is InChI=1S/C21H22FN5O/c1-14-23-20(25-27(14)17-10-8-16(22)9-11-17)21(28)24-18-12-13-26(2)19(18)15-6-4-3-5-7-15/h3-11,18-19H,12-13H2,1-2H3,(H,24,28)/t18-,19-/m0/s1. The fourth-order valence-electron chi connectivity index (χ4n) is 3.78. The quantitative estimate of drug-likeness (QED) is 0.757. The fourth-order valence-corrected chi connectivity index (χ4v) is 3.78. The van der Waals surface area contributed by atoms with Gasteiger partial charge < -0.3 is 5.32 Å². The summed E-state index contributed by atoms with van der Waals surface area (Å²) < 4.78 is 14.7. The maximum atomic E-state index is 13.2. The molecule has 7 heteroatoms. The van der Waals surface area contributed by atoms with Crippen LogP contribution in [0.25, 0.3) is 5.69 Å². The Balaban J connectivity index is 1.54. The molecule has 1 amide bonds. The molecule has 2 atom stereocenters. The van der Waals surface area contributed by atoms with E-state index < -0.39 is 0 Å². The van der Waals surface area contributed by atoms with E-state index in [4.69, 9.17) is 0 Å². The number of aryl methyl sites for hydroxylation is 1. The SMILES string of the molecule is Cc1nc(C(=O)N[C@H]2CCN(C)[C@H]2c2ccccc2)nn1-c1ccc(F)cc1. The molecule has 1 aliphatic rings. The third-order valence-corrected chi connectivity index (χ3v) is 5.15. The molecule has 2 aromatic carbocycles. The maximum Gasteiger partial charge on any atom is 0.291 e. The first kappa shape index (κ1) is 18.3. The zero-order valence-corrected chi connectivity index (χ0v) is 15.8. The number of benzene rings is 2. The molecule has 2 heterocycles. The van der Waals surface area contributed by atoms with Gasteiger partial charge in [0.2, 0.25) is 5.82 Å². The number of carbonyl (C=O) groups is 1. The maximum absolute atomic E-state index is 13.2. The molecule has 6 nitrogen and oxygen atoms in total. The monoisotopic (exact) mass is 379 g/mol. The Morgan fingerprint density at radius 2 is 1.86 bits per heavy atom. The van der Waals surface area contributed by atoms with Crippen molar-refractivity contribution in [3.05, 3.63) is 77.6 Å². The summed E-state index contributed by atoms with van der Waals surface area (Å²) in [6, 6.07) is 16.2. The lowest BCUT2D eigenvalue weighted by molar-refractivity contribution is 0.0917. The number of aromatic nitrogens is 3. The van der Waals surface area contributed by atoms with Crippen LogP contribution in [0, 0.1) is 12.7 Å². The number of amides is 1. The highest BCUT2D eigenvalue weighted by molar-refractivity contribution is 5.90. The van der Waals surface area contributed by atoms with Gasteiger partial charge in [-0.05, 0) is 50.2 Å². The van der Waals surface area contributed by atoms with Gasteiger partial charge in [-0.2, -0.15) is 0 Å². The van der Waals surface area contributed by atoms with Crippen molar-refractivity contribution in [1.82, 2.24) is 25.0 Å². The number of hydrogen-bond donors (Lipinski definition) is 1. The Bertz CT molecular complexity index is 970. The van der Waals surface area contributed by atoms with Crippen molar-refractivity contribution in [1.29, 1.82) is 0 Å². The Labute approximate surface area is 163 Å². The van der Waals surface area contributed by atoms with E-state index >= 15 is 0 Å². The lowest BCUT2D eigenvalue weighted by atomic mass is 10.0. The van der Waals surface area contributed by atoms with E-state index in [0.29, 0.717) is 11.5 Å². The van der Waals surface area contributed by atoms with Crippen molar-refractivity contribution in [3.63, 3.8) is 0 Å². The minimum Gasteiger partial charge on any atom is -0.345 e. The van der Waals surface area contributed by atoms with Crippen LogP contribution in [0.2, 0.25) is 0 Å². The van der Waals surface area contributed by atoms with Crippen LogP contribution >= 0.6 is 0 Å². The highest BCUT2D eigenvalue weighted by Gasteiger charge is 2.34. The molecule has 0 radical (unpaired) electrons. The summed E-state index contributed by atoms with van der Waals surface area (Å²) in [4.78, 5) is 19.4. The zero-order chi connectivity index (χ0) is 19.7. The van der Waals surface area contributed by atoms with E-state index in [0.717, 1.165) is 13.0 Å². The van der Waals surface area contributed by atoms with Crippen LogP contribution in [-0.2, 0) is 0 Å². The topological polar surface area (TPSA) is 63.1 Å². The largest absolute Gasteiger partial charge is 0.345 e. The summed E-state index contributed by atoms with van der Waals surface area (Å²) in [5, 5.41) is 7.42. The predicted octanol–water partition coefficient (Wildman–Crippen LogP) is 2.89. The summed E-state index contributed by atoms with van der Waals surface area (Å²) in [7, 11) is 2.06. The van der Waals surface area contributed by atoms with Gasteiger partial charge in [0.25, 0.3) is 5.91 Å². The van der Waals surface area contributed by atoms with Gasteiger partial charge in [0.1, 0.15) is 11.6 Å². The molecular formula is C21H22FN5O. The van der Waals surface area contributed by atoms with Gasteiger partial charge in [-0.25, -0.2) is 14.1 Å². The van der Waals surface area contributed by atoms with Gasteiger partial charge in [-0.15, -0.1) is 5.10 Å². The van der Waals surface area contributed by atoms with Gasteiger partial charge in [0.15, 0.2) is 0 Å². The number of carbonyl (C=O) groups excluding carboxylic acids is 1. The lowest BCUT2D eigenvalue weighted by Crippen LogP contribution is -2.39. The average Bonchev–Trinajstić information content (AvgIpc) is 3.26. The molecule has 144 valence electrons. The van der Waals surface area contributed by atoms with Gasteiger partial charge in [0, 0.05) is 6.54 Å². The predicted molar refractivity (Wildman–Crippen MR) is 104 cm³/mol. The Morgan fingerprint density at radius 1 is 1.14 bits per heavy atom. The van der Waals surface area contributed by atoms with Gasteiger partial charge in [0.05, 0.1) is 17.8 Å². The minimum absolute atomic E-state index is 0.0158. The summed E-state index contributed by atoms with van der Waals surface area (Å²) in [5.41, 5.74) is 1.84. The molecule has 0 bridgehead atoms. The molecule has 4 rings (SSSR count). The first-order valence-corrected chi connectivity index (χ1v) is 9.28. The van der Waals surface area contributed by atoms with Gasteiger partial charge in [-0.1, -0.05) is 30.3 Å². The van der Waals surface area contributed by atoms with Crippen LogP contribution in [0.5, 0.6) is 0 Å². The first-order chi connectivity index (χ1) is 13.5. The molecule has 0 saturated carbocycles. The third-order valence-electron chi connectivity index (χ3n) is 5.15. The Morgan fingerprint density at radius 3 is 2.57 bits per heavy atom. The highest BCUT2D eigenvalue weighted by atomic mass is 19.1. The van der Waals surface area contributed by atoms with Crippen molar-refractivity contribution < 1.29 is 9.18 Å². The number of nitrogens with one attached hydrogen (secondary N) is 1. The minimum atomic E-state index is -0.322. The van der Waals surface area contributed by atoms with Gasteiger partial charge >= 0.3 is 0 Å². The highest BCUT2D eigenvalue weighted by Crippen LogP contribution is 2.30. The van der Waals surface area contributed by atoms with Crippen molar-refractivity contribution >= 4 is 5.91 Å². The number of rotatable bonds is 4. The van der Waals surface area contributed by atoms with Crippen molar-refractivity contribution in [2.24, 2.45) is 0 Å². The fraction of sp³-hybridized carbons (Fsp3) is 0.286. The molecule has 1 saturated heterocycles. The summed E-state index contributed by atoms with van der Waals surface area (Å²) in [6.07, 6.45) is 0.861. The zero-order valence-electron chi connectivity index (χ0n) is 15.8. The van der Waals surface area contributed by atoms with E-state index in [-0.39, 0.29) is 29.6 Å². The Hall–Kier alpha value is -3.06. The van der Waals surface area contributed by atoms with E-state index in [1.165, 1.54) is 17.7 Å². The number of likely N-dealkylation sites (tertiary alicyclic amines) is 1.